The van der Waals surface area contributed by atoms with E-state index in [-0.39, 0.29) is 30.8 Å². The fourth-order valence-corrected chi connectivity index (χ4v) is 5.32. The molecule has 0 bridgehead atoms. The molecular weight excluding hydrogens is 508 g/mol. The number of imide groups is 1. The first-order chi connectivity index (χ1) is 17.9. The van der Waals surface area contributed by atoms with Crippen LogP contribution in [0.2, 0.25) is 0 Å². The van der Waals surface area contributed by atoms with Crippen molar-refractivity contribution < 1.29 is 23.9 Å². The lowest BCUT2D eigenvalue weighted by Gasteiger charge is -2.39. The summed E-state index contributed by atoms with van der Waals surface area (Å²) in [6.45, 7) is 2.47. The van der Waals surface area contributed by atoms with E-state index in [0.717, 1.165) is 4.90 Å². The number of β-amino-alcohol motifs (C(OH)–C–C–N with tert-alkyl or cyclic N) is 1. The summed E-state index contributed by atoms with van der Waals surface area (Å²) in [7, 11) is 1.48. The average Bonchev–Trinajstić information content (AvgIpc) is 3.53. The van der Waals surface area contributed by atoms with Gasteiger partial charge in [-0.05, 0) is 23.3 Å². The van der Waals surface area contributed by atoms with Gasteiger partial charge in [-0.3, -0.25) is 24.3 Å². The largest absolute Gasteiger partial charge is 0.459 e. The van der Waals surface area contributed by atoms with Gasteiger partial charge in [-0.2, -0.15) is 0 Å². The quantitative estimate of drug-likeness (QED) is 0.465. The zero-order valence-corrected chi connectivity index (χ0v) is 21.9. The summed E-state index contributed by atoms with van der Waals surface area (Å²) < 4.78 is 5.22. The summed E-state index contributed by atoms with van der Waals surface area (Å²) in [6, 6.07) is 21.3. The first-order valence-corrected chi connectivity index (χ1v) is 12.4. The highest BCUT2D eigenvalue weighted by molar-refractivity contribution is 6.09. The molecule has 1 aromatic heterocycles. The van der Waals surface area contributed by atoms with Gasteiger partial charge in [0.05, 0.1) is 18.9 Å². The van der Waals surface area contributed by atoms with Crippen LogP contribution in [0.25, 0.3) is 0 Å². The Morgan fingerprint density at radius 1 is 0.895 bits per heavy atom. The highest BCUT2D eigenvalue weighted by Crippen LogP contribution is 2.42. The van der Waals surface area contributed by atoms with Crippen LogP contribution in [0.1, 0.15) is 21.7 Å². The van der Waals surface area contributed by atoms with Crippen molar-refractivity contribution in [2.24, 2.45) is 0 Å². The Balaban J connectivity index is 0.00000336. The molecule has 5 rings (SSSR count). The number of urea groups is 1. The van der Waals surface area contributed by atoms with Crippen LogP contribution in [0.4, 0.5) is 4.79 Å². The van der Waals surface area contributed by atoms with Gasteiger partial charge in [0.1, 0.15) is 0 Å². The predicted octanol–water partition coefficient (Wildman–Crippen LogP) is 2.66. The molecular formula is C28H31ClN4O5. The van der Waals surface area contributed by atoms with Gasteiger partial charge in [-0.25, -0.2) is 4.79 Å². The Hall–Kier alpha value is -3.66. The highest BCUT2D eigenvalue weighted by Gasteiger charge is 2.58. The zero-order chi connectivity index (χ0) is 26.0. The Kier molecular flexibility index (Phi) is 8.20. The number of carbonyl (C=O) groups excluding carboxylic acids is 3. The van der Waals surface area contributed by atoms with Gasteiger partial charge in [0.2, 0.25) is 0 Å². The summed E-state index contributed by atoms with van der Waals surface area (Å²) in [5.74, 6) is -0.190. The molecule has 200 valence electrons. The van der Waals surface area contributed by atoms with E-state index >= 15 is 0 Å². The molecule has 2 aliphatic rings. The van der Waals surface area contributed by atoms with Gasteiger partial charge in [0.25, 0.3) is 11.8 Å². The van der Waals surface area contributed by atoms with E-state index < -0.39 is 17.7 Å². The molecule has 0 saturated carbocycles. The third kappa shape index (κ3) is 4.80. The number of aliphatic hydroxyl groups is 1. The summed E-state index contributed by atoms with van der Waals surface area (Å²) in [4.78, 5) is 46.1. The van der Waals surface area contributed by atoms with Gasteiger partial charge in [-0.15, -0.1) is 12.4 Å². The molecule has 1 N–H and O–H groups in total. The number of aliphatic hydroxyl groups excluding tert-OH is 1. The molecule has 2 fully saturated rings. The summed E-state index contributed by atoms with van der Waals surface area (Å²) in [6.07, 6.45) is 0.578. The summed E-state index contributed by atoms with van der Waals surface area (Å²) in [5.41, 5.74) is -0.0361. The Labute approximate surface area is 227 Å². The van der Waals surface area contributed by atoms with Crippen LogP contribution >= 0.6 is 12.4 Å². The van der Waals surface area contributed by atoms with E-state index in [1.54, 1.807) is 17.0 Å². The van der Waals surface area contributed by atoms with Crippen LogP contribution in [0.3, 0.4) is 0 Å². The third-order valence-corrected chi connectivity index (χ3v) is 7.17. The number of furan rings is 1. The predicted molar refractivity (Wildman–Crippen MR) is 143 cm³/mol. The number of piperazine rings is 1. The monoisotopic (exact) mass is 538 g/mol. The second-order valence-corrected chi connectivity index (χ2v) is 9.42. The van der Waals surface area contributed by atoms with Crippen LogP contribution in [0.15, 0.2) is 83.5 Å². The fraction of sp³-hybridized carbons (Fsp3) is 0.321. The van der Waals surface area contributed by atoms with Crippen molar-refractivity contribution in [3.8, 4) is 0 Å². The molecule has 2 aromatic carbocycles. The fourth-order valence-electron chi connectivity index (χ4n) is 5.32. The molecule has 0 radical (unpaired) electrons. The number of halogens is 1. The van der Waals surface area contributed by atoms with E-state index in [1.807, 2.05) is 60.7 Å². The van der Waals surface area contributed by atoms with Crippen LogP contribution in [0.5, 0.6) is 0 Å². The number of hydrogen-bond acceptors (Lipinski definition) is 6. The maximum absolute atomic E-state index is 13.7. The minimum atomic E-state index is -1.37. The molecule has 0 aliphatic carbocycles. The van der Waals surface area contributed by atoms with Crippen LogP contribution < -0.4 is 0 Å². The highest BCUT2D eigenvalue weighted by atomic mass is 35.5. The third-order valence-electron chi connectivity index (χ3n) is 7.17. The topological polar surface area (TPSA) is 97.5 Å². The lowest BCUT2D eigenvalue weighted by Crippen LogP contribution is -2.54. The second-order valence-electron chi connectivity index (χ2n) is 9.42. The van der Waals surface area contributed by atoms with Crippen LogP contribution in [0, 0.1) is 0 Å². The van der Waals surface area contributed by atoms with Gasteiger partial charge in [0.15, 0.2) is 11.3 Å². The molecule has 2 saturated heterocycles. The van der Waals surface area contributed by atoms with E-state index in [2.05, 4.69) is 4.90 Å². The standard InChI is InChI=1S/C28H30N4O5.ClH/c1-29-26(35)28(21-9-4-2-5-10-21,22-11-6-3-7-12-22)32(27(29)36)20-23(33)19-30-14-16-31(17-15-30)25(34)24-13-8-18-37-24;/h2-13,18,23,33H,14-17,19-20H2,1H3;1H. The number of rotatable bonds is 7. The average molecular weight is 539 g/mol. The number of nitrogens with zero attached hydrogens (tertiary/aromatic N) is 4. The summed E-state index contributed by atoms with van der Waals surface area (Å²) in [5, 5.41) is 11.1. The molecule has 38 heavy (non-hydrogen) atoms. The summed E-state index contributed by atoms with van der Waals surface area (Å²) >= 11 is 0. The molecule has 1 unspecified atom stereocenters. The first kappa shape index (κ1) is 27.4. The van der Waals surface area contributed by atoms with E-state index in [0.29, 0.717) is 49.6 Å². The maximum Gasteiger partial charge on any atom is 0.328 e. The van der Waals surface area contributed by atoms with Crippen molar-refractivity contribution >= 4 is 30.3 Å². The number of hydrogen-bond donors (Lipinski definition) is 1. The number of likely N-dealkylation sites (N-methyl/N-ethyl adjacent to an activating group) is 1. The molecule has 3 aromatic rings. The Morgan fingerprint density at radius 2 is 1.47 bits per heavy atom. The minimum Gasteiger partial charge on any atom is -0.459 e. The lowest BCUT2D eigenvalue weighted by atomic mass is 9.81. The Morgan fingerprint density at radius 3 is 2.00 bits per heavy atom. The Bertz CT molecular complexity index is 1210. The van der Waals surface area contributed by atoms with Crippen molar-refractivity contribution in [3.63, 3.8) is 0 Å². The van der Waals surface area contributed by atoms with Gasteiger partial charge >= 0.3 is 6.03 Å². The second kappa shape index (κ2) is 11.4. The molecule has 9 nitrogen and oxygen atoms in total. The molecule has 3 heterocycles. The van der Waals surface area contributed by atoms with E-state index in [9.17, 15) is 19.5 Å². The van der Waals surface area contributed by atoms with Crippen LogP contribution in [-0.4, -0.2) is 95.0 Å². The smallest absolute Gasteiger partial charge is 0.328 e. The number of amides is 4. The van der Waals surface area contributed by atoms with Gasteiger partial charge in [0, 0.05) is 39.8 Å². The van der Waals surface area contributed by atoms with Crippen molar-refractivity contribution in [1.29, 1.82) is 0 Å². The number of carbonyl (C=O) groups is 3. The van der Waals surface area contributed by atoms with E-state index in [1.165, 1.54) is 18.2 Å². The van der Waals surface area contributed by atoms with E-state index in [4.69, 9.17) is 4.42 Å². The minimum absolute atomic E-state index is 0. The lowest BCUT2D eigenvalue weighted by molar-refractivity contribution is -0.131. The van der Waals surface area contributed by atoms with Crippen molar-refractivity contribution in [1.82, 2.24) is 19.6 Å². The molecule has 0 spiro atoms. The van der Waals surface area contributed by atoms with Gasteiger partial charge in [-0.1, -0.05) is 60.7 Å². The zero-order valence-electron chi connectivity index (χ0n) is 21.1. The molecule has 1 atom stereocenters. The van der Waals surface area contributed by atoms with Crippen molar-refractivity contribution in [2.45, 2.75) is 11.6 Å². The normalized spacial score (nSPS) is 18.4. The van der Waals surface area contributed by atoms with Gasteiger partial charge < -0.3 is 14.4 Å². The van der Waals surface area contributed by atoms with Crippen LogP contribution in [-0.2, 0) is 10.3 Å². The van der Waals surface area contributed by atoms with Crippen molar-refractivity contribution in [3.05, 3.63) is 95.9 Å². The molecule has 2 aliphatic heterocycles. The molecule has 10 heteroatoms. The maximum atomic E-state index is 13.7. The first-order valence-electron chi connectivity index (χ1n) is 12.4. The SMILES string of the molecule is CN1C(=O)N(CC(O)CN2CCN(C(=O)c3ccco3)CC2)C(c2ccccc2)(c2ccccc2)C1=O.Cl. The van der Waals surface area contributed by atoms with Crippen molar-refractivity contribution in [2.75, 3.05) is 46.3 Å². The molecule has 4 amide bonds. The number of benzene rings is 2.